The number of hydrogen-bond acceptors (Lipinski definition) is 3. The first-order valence-corrected chi connectivity index (χ1v) is 6.74. The van der Waals surface area contributed by atoms with Crippen LogP contribution >= 0.6 is 0 Å². The molecule has 2 atom stereocenters. The van der Waals surface area contributed by atoms with Crippen LogP contribution in [0.4, 0.5) is 0 Å². The number of benzene rings is 1. The molecular weight excluding hydrogens is 240 g/mol. The molecule has 0 spiro atoms. The molecule has 4 N–H and O–H groups in total. The van der Waals surface area contributed by atoms with Gasteiger partial charge in [-0.1, -0.05) is 43.7 Å². The van der Waals surface area contributed by atoms with E-state index in [1.807, 2.05) is 37.3 Å². The zero-order chi connectivity index (χ0) is 14.3. The molecule has 0 heterocycles. The third-order valence-electron chi connectivity index (χ3n) is 3.07. The number of rotatable bonds is 7. The summed E-state index contributed by atoms with van der Waals surface area (Å²) < 4.78 is 0. The highest BCUT2D eigenvalue weighted by Gasteiger charge is 2.22. The molecule has 0 radical (unpaired) electrons. The van der Waals surface area contributed by atoms with E-state index in [-0.39, 0.29) is 12.5 Å². The summed E-state index contributed by atoms with van der Waals surface area (Å²) in [6.07, 6.45) is 2.03. The number of carbonyl (C=O) groups is 1. The smallest absolute Gasteiger partial charge is 0.237 e. The molecule has 0 aliphatic carbocycles. The predicted octanol–water partition coefficient (Wildman–Crippen LogP) is 1.22. The van der Waals surface area contributed by atoms with E-state index in [1.165, 1.54) is 0 Å². The Hall–Kier alpha value is -1.39. The Labute approximate surface area is 115 Å². The average Bonchev–Trinajstić information content (AvgIpc) is 2.37. The van der Waals surface area contributed by atoms with Gasteiger partial charge in [0, 0.05) is 6.54 Å². The molecule has 1 amide bonds. The van der Waals surface area contributed by atoms with Gasteiger partial charge < -0.3 is 16.2 Å². The predicted molar refractivity (Wildman–Crippen MR) is 76.7 cm³/mol. The van der Waals surface area contributed by atoms with Crippen LogP contribution in [0.25, 0.3) is 0 Å². The first-order valence-electron chi connectivity index (χ1n) is 6.74. The minimum absolute atomic E-state index is 0.222. The summed E-state index contributed by atoms with van der Waals surface area (Å²) in [6, 6.07) is 9.08. The second kappa shape index (κ2) is 7.26. The van der Waals surface area contributed by atoms with Gasteiger partial charge in [0.15, 0.2) is 0 Å². The van der Waals surface area contributed by atoms with Crippen molar-refractivity contribution in [3.8, 4) is 0 Å². The molecule has 1 aromatic carbocycles. The van der Waals surface area contributed by atoms with Crippen molar-refractivity contribution in [3.05, 3.63) is 35.9 Å². The summed E-state index contributed by atoms with van der Waals surface area (Å²) in [4.78, 5) is 11.9. The molecule has 0 aliphatic heterocycles. The van der Waals surface area contributed by atoms with Crippen LogP contribution in [0.3, 0.4) is 0 Å². The fourth-order valence-electron chi connectivity index (χ4n) is 2.00. The zero-order valence-electron chi connectivity index (χ0n) is 11.7. The maximum Gasteiger partial charge on any atom is 0.237 e. The van der Waals surface area contributed by atoms with Crippen LogP contribution in [0.1, 0.15) is 32.3 Å². The quantitative estimate of drug-likeness (QED) is 0.693. The van der Waals surface area contributed by atoms with Gasteiger partial charge in [0.05, 0.1) is 11.6 Å². The van der Waals surface area contributed by atoms with Crippen molar-refractivity contribution in [2.75, 3.05) is 6.54 Å². The number of nitrogens with one attached hydrogen (secondary N) is 1. The van der Waals surface area contributed by atoms with Crippen LogP contribution in [0.2, 0.25) is 0 Å². The van der Waals surface area contributed by atoms with E-state index in [9.17, 15) is 9.90 Å². The first kappa shape index (κ1) is 15.7. The number of amides is 1. The van der Waals surface area contributed by atoms with Gasteiger partial charge >= 0.3 is 0 Å². The number of nitrogens with two attached hydrogens (primary N) is 1. The van der Waals surface area contributed by atoms with E-state index in [1.54, 1.807) is 6.92 Å². The van der Waals surface area contributed by atoms with Crippen molar-refractivity contribution < 1.29 is 9.90 Å². The van der Waals surface area contributed by atoms with Crippen LogP contribution in [-0.4, -0.2) is 29.2 Å². The molecule has 0 saturated heterocycles. The molecule has 4 heteroatoms. The van der Waals surface area contributed by atoms with Crippen LogP contribution in [0.15, 0.2) is 30.3 Å². The van der Waals surface area contributed by atoms with Crippen molar-refractivity contribution >= 4 is 5.91 Å². The Morgan fingerprint density at radius 3 is 2.63 bits per heavy atom. The third-order valence-corrected chi connectivity index (χ3v) is 3.07. The number of hydrogen-bond donors (Lipinski definition) is 3. The normalized spacial score (nSPS) is 15.6. The van der Waals surface area contributed by atoms with Crippen LogP contribution in [-0.2, 0) is 11.2 Å². The maximum atomic E-state index is 11.9. The van der Waals surface area contributed by atoms with Crippen LogP contribution in [0, 0.1) is 0 Å². The largest absolute Gasteiger partial charge is 0.388 e. The Kier molecular flexibility index (Phi) is 5.99. The molecule has 106 valence electrons. The molecule has 1 aromatic rings. The highest BCUT2D eigenvalue weighted by molar-refractivity contribution is 5.81. The summed E-state index contributed by atoms with van der Waals surface area (Å²) in [7, 11) is 0. The van der Waals surface area contributed by atoms with Crippen molar-refractivity contribution in [1.29, 1.82) is 0 Å². The molecule has 4 nitrogen and oxygen atoms in total. The molecule has 2 unspecified atom stereocenters. The highest BCUT2D eigenvalue weighted by atomic mass is 16.3. The fraction of sp³-hybridized carbons (Fsp3) is 0.533. The van der Waals surface area contributed by atoms with Crippen molar-refractivity contribution in [2.24, 2.45) is 5.73 Å². The summed E-state index contributed by atoms with van der Waals surface area (Å²) >= 11 is 0. The second-order valence-corrected chi connectivity index (χ2v) is 5.26. The van der Waals surface area contributed by atoms with Gasteiger partial charge in [-0.15, -0.1) is 0 Å². The van der Waals surface area contributed by atoms with E-state index in [2.05, 4.69) is 5.32 Å². The van der Waals surface area contributed by atoms with E-state index in [0.29, 0.717) is 12.8 Å². The lowest BCUT2D eigenvalue weighted by Gasteiger charge is -2.24. The van der Waals surface area contributed by atoms with Gasteiger partial charge in [-0.05, 0) is 25.3 Å². The molecule has 0 fully saturated rings. The summed E-state index contributed by atoms with van der Waals surface area (Å²) in [5.74, 6) is -0.222. The van der Waals surface area contributed by atoms with Gasteiger partial charge in [0.1, 0.15) is 0 Å². The van der Waals surface area contributed by atoms with Gasteiger partial charge in [-0.25, -0.2) is 0 Å². The van der Waals surface area contributed by atoms with Crippen LogP contribution in [0.5, 0.6) is 0 Å². The molecular formula is C15H24N2O2. The topological polar surface area (TPSA) is 75.3 Å². The Morgan fingerprint density at radius 1 is 1.42 bits per heavy atom. The summed E-state index contributed by atoms with van der Waals surface area (Å²) in [5, 5.41) is 12.7. The van der Waals surface area contributed by atoms with E-state index in [4.69, 9.17) is 5.73 Å². The van der Waals surface area contributed by atoms with E-state index < -0.39 is 11.6 Å². The molecule has 19 heavy (non-hydrogen) atoms. The number of carbonyl (C=O) groups excluding carboxylic acids is 1. The SMILES string of the molecule is CCCC(C)(O)CNC(=O)C(N)Cc1ccccc1. The molecule has 0 saturated carbocycles. The highest BCUT2D eigenvalue weighted by Crippen LogP contribution is 2.10. The molecule has 0 aliphatic rings. The Bertz CT molecular complexity index is 390. The average molecular weight is 264 g/mol. The molecule has 0 bridgehead atoms. The third kappa shape index (κ3) is 5.85. The van der Waals surface area contributed by atoms with Gasteiger partial charge in [0.25, 0.3) is 0 Å². The first-order chi connectivity index (χ1) is 8.94. The monoisotopic (exact) mass is 264 g/mol. The Balaban J connectivity index is 2.41. The lowest BCUT2D eigenvalue weighted by atomic mass is 10.0. The lowest BCUT2D eigenvalue weighted by Crippen LogP contribution is -2.47. The van der Waals surface area contributed by atoms with E-state index in [0.717, 1.165) is 12.0 Å². The Morgan fingerprint density at radius 2 is 2.05 bits per heavy atom. The summed E-state index contributed by atoms with van der Waals surface area (Å²) in [6.45, 7) is 3.96. The van der Waals surface area contributed by atoms with Gasteiger partial charge in [-0.2, -0.15) is 0 Å². The van der Waals surface area contributed by atoms with Crippen molar-refractivity contribution in [2.45, 2.75) is 44.8 Å². The summed E-state index contributed by atoms with van der Waals surface area (Å²) in [5.41, 5.74) is 6.03. The maximum absolute atomic E-state index is 11.9. The number of aliphatic hydroxyl groups is 1. The zero-order valence-corrected chi connectivity index (χ0v) is 11.7. The van der Waals surface area contributed by atoms with Crippen LogP contribution < -0.4 is 11.1 Å². The minimum atomic E-state index is -0.864. The fourth-order valence-corrected chi connectivity index (χ4v) is 2.00. The van der Waals surface area contributed by atoms with E-state index >= 15 is 0 Å². The molecule has 1 rings (SSSR count). The molecule has 0 aromatic heterocycles. The standard InChI is InChI=1S/C15H24N2O2/c1-3-9-15(2,19)11-17-14(18)13(16)10-12-7-5-4-6-8-12/h4-8,13,19H,3,9-11,16H2,1-2H3,(H,17,18). The lowest BCUT2D eigenvalue weighted by molar-refractivity contribution is -0.123. The second-order valence-electron chi connectivity index (χ2n) is 5.26. The van der Waals surface area contributed by atoms with Crippen molar-refractivity contribution in [1.82, 2.24) is 5.32 Å². The minimum Gasteiger partial charge on any atom is -0.388 e. The van der Waals surface area contributed by atoms with Gasteiger partial charge in [0.2, 0.25) is 5.91 Å². The van der Waals surface area contributed by atoms with Gasteiger partial charge in [-0.3, -0.25) is 4.79 Å². The van der Waals surface area contributed by atoms with Crippen molar-refractivity contribution in [3.63, 3.8) is 0 Å².